The van der Waals surface area contributed by atoms with Crippen molar-refractivity contribution in [2.24, 2.45) is 5.14 Å². The Morgan fingerprint density at radius 1 is 1.12 bits per heavy atom. The molecule has 1 fully saturated rings. The number of nitrogens with two attached hydrogens (primary N) is 1. The molecular formula is C22H25N7O4S. The van der Waals surface area contributed by atoms with Gasteiger partial charge >= 0.3 is 10.3 Å². The summed E-state index contributed by atoms with van der Waals surface area (Å²) in [6.07, 6.45) is 4.92. The van der Waals surface area contributed by atoms with Crippen LogP contribution in [-0.2, 0) is 21.6 Å². The van der Waals surface area contributed by atoms with Crippen molar-refractivity contribution in [2.45, 2.75) is 32.2 Å². The van der Waals surface area contributed by atoms with E-state index in [1.54, 1.807) is 40.2 Å². The van der Waals surface area contributed by atoms with E-state index in [1.165, 1.54) is 17.1 Å². The number of nitrogens with zero attached hydrogens (tertiary/aromatic N) is 4. The molecule has 34 heavy (non-hydrogen) atoms. The summed E-state index contributed by atoms with van der Waals surface area (Å²) in [4.78, 5) is 14.3. The van der Waals surface area contributed by atoms with Crippen LogP contribution in [0.1, 0.15) is 36.8 Å². The van der Waals surface area contributed by atoms with Crippen molar-refractivity contribution in [2.75, 3.05) is 16.5 Å². The van der Waals surface area contributed by atoms with Crippen molar-refractivity contribution in [3.05, 3.63) is 53.6 Å². The fraction of sp³-hybridized carbons (Fsp3) is 0.273. The van der Waals surface area contributed by atoms with Crippen LogP contribution in [0.25, 0.3) is 0 Å². The normalized spacial score (nSPS) is 14.0. The fourth-order valence-electron chi connectivity index (χ4n) is 3.68. The quantitative estimate of drug-likeness (QED) is 0.280. The zero-order valence-corrected chi connectivity index (χ0v) is 19.2. The van der Waals surface area contributed by atoms with Crippen LogP contribution in [0.2, 0.25) is 0 Å². The lowest BCUT2D eigenvalue weighted by atomic mass is 10.1. The summed E-state index contributed by atoms with van der Waals surface area (Å²) < 4.78 is 26.9. The van der Waals surface area contributed by atoms with Crippen molar-refractivity contribution < 1.29 is 17.4 Å². The average Bonchev–Trinajstić information content (AvgIpc) is 3.03. The highest BCUT2D eigenvalue weighted by molar-refractivity contribution is 7.84. The number of rotatable bonds is 9. The summed E-state index contributed by atoms with van der Waals surface area (Å²) in [5.74, 6) is 0.00760. The summed E-state index contributed by atoms with van der Waals surface area (Å²) in [6.45, 7) is 0.709. The molecule has 1 aliphatic heterocycles. The second-order valence-electron chi connectivity index (χ2n) is 7.59. The second kappa shape index (κ2) is 10.8. The molecule has 12 heteroatoms. The van der Waals surface area contributed by atoms with Crippen LogP contribution < -0.4 is 19.2 Å². The molecule has 1 aliphatic rings. The molecule has 4 N–H and O–H groups in total. The first-order valence-electron chi connectivity index (χ1n) is 10.5. The Bertz CT molecular complexity index is 1200. The Balaban J connectivity index is 1.97. The van der Waals surface area contributed by atoms with E-state index in [-0.39, 0.29) is 18.2 Å². The molecule has 1 saturated heterocycles. The van der Waals surface area contributed by atoms with Gasteiger partial charge in [0.2, 0.25) is 5.91 Å². The number of nitrogens with one attached hydrogen (secondary N) is 2. The van der Waals surface area contributed by atoms with Gasteiger partial charge in [0, 0.05) is 13.0 Å². The maximum atomic E-state index is 12.7. The molecule has 178 valence electrons. The summed E-state index contributed by atoms with van der Waals surface area (Å²) in [5.41, 5.74) is 2.12. The van der Waals surface area contributed by atoms with Gasteiger partial charge in [-0.1, -0.05) is 18.6 Å². The maximum Gasteiger partial charge on any atom is 0.380 e. The van der Waals surface area contributed by atoms with E-state index in [0.29, 0.717) is 35.5 Å². The Hall–Kier alpha value is -3.95. The zero-order chi connectivity index (χ0) is 24.7. The Labute approximate surface area is 198 Å². The SMILES string of the molecule is N#Cc1ccc(N(Cc2ccc(OS(N)(=O)=O)cc2)N(C=N)C=N)cc1N1CCCCCC1=O. The molecule has 3 rings (SSSR count). The zero-order valence-electron chi connectivity index (χ0n) is 18.3. The average molecular weight is 484 g/mol. The second-order valence-corrected chi connectivity index (χ2v) is 8.74. The molecule has 0 aliphatic carbocycles. The standard InChI is InChI=1S/C22H25N7O4S/c23-13-18-7-8-19(12-21(18)28-11-3-1-2-4-22(28)30)29(27(15-24)16-25)14-17-5-9-20(10-6-17)33-34(26,31)32/h5-10,12,15-16,24-25H,1-4,11,14H2,(H2,26,31,32). The van der Waals surface area contributed by atoms with Gasteiger partial charge in [-0.3, -0.25) is 20.6 Å². The Kier molecular flexibility index (Phi) is 7.83. The van der Waals surface area contributed by atoms with E-state index in [2.05, 4.69) is 10.3 Å². The molecule has 0 aromatic heterocycles. The largest absolute Gasteiger partial charge is 0.380 e. The fourth-order valence-corrected chi connectivity index (χ4v) is 4.06. The van der Waals surface area contributed by atoms with E-state index in [1.807, 2.05) is 0 Å². The minimum Gasteiger partial charge on any atom is -0.371 e. The Morgan fingerprint density at radius 3 is 2.44 bits per heavy atom. The van der Waals surface area contributed by atoms with Crippen LogP contribution in [0.4, 0.5) is 11.4 Å². The van der Waals surface area contributed by atoms with Crippen LogP contribution in [0.5, 0.6) is 5.75 Å². The lowest BCUT2D eigenvalue weighted by Crippen LogP contribution is -2.40. The number of nitriles is 1. The van der Waals surface area contributed by atoms with Gasteiger partial charge in [-0.25, -0.2) is 5.01 Å². The molecule has 0 saturated carbocycles. The molecule has 2 aromatic rings. The third-order valence-corrected chi connectivity index (χ3v) is 5.70. The lowest BCUT2D eigenvalue weighted by Gasteiger charge is -2.33. The maximum absolute atomic E-state index is 12.7. The first kappa shape index (κ1) is 24.7. The minimum atomic E-state index is -4.14. The highest BCUT2D eigenvalue weighted by Crippen LogP contribution is 2.30. The van der Waals surface area contributed by atoms with Crippen LogP contribution >= 0.6 is 0 Å². The van der Waals surface area contributed by atoms with E-state index in [4.69, 9.17) is 16.0 Å². The third-order valence-electron chi connectivity index (χ3n) is 5.28. The molecule has 0 atom stereocenters. The van der Waals surface area contributed by atoms with Gasteiger partial charge in [0.15, 0.2) is 0 Å². The van der Waals surface area contributed by atoms with Gasteiger partial charge in [-0.05, 0) is 48.7 Å². The van der Waals surface area contributed by atoms with Gasteiger partial charge in [-0.2, -0.15) is 18.8 Å². The molecule has 0 radical (unpaired) electrons. The van der Waals surface area contributed by atoms with E-state index < -0.39 is 10.3 Å². The number of hydrogen-bond donors (Lipinski definition) is 3. The number of hydrogen-bond acceptors (Lipinski definition) is 8. The molecule has 0 spiro atoms. The molecule has 0 bridgehead atoms. The van der Waals surface area contributed by atoms with E-state index in [9.17, 15) is 18.5 Å². The van der Waals surface area contributed by atoms with Gasteiger partial charge in [0.05, 0.1) is 23.5 Å². The highest BCUT2D eigenvalue weighted by atomic mass is 32.2. The van der Waals surface area contributed by atoms with Gasteiger partial charge < -0.3 is 9.08 Å². The van der Waals surface area contributed by atoms with Crippen LogP contribution in [0.15, 0.2) is 42.5 Å². The topological polar surface area (TPSA) is 168 Å². The van der Waals surface area contributed by atoms with Crippen molar-refractivity contribution in [1.82, 2.24) is 5.01 Å². The van der Waals surface area contributed by atoms with E-state index in [0.717, 1.165) is 31.9 Å². The van der Waals surface area contributed by atoms with Crippen molar-refractivity contribution >= 4 is 40.3 Å². The smallest absolute Gasteiger partial charge is 0.371 e. The van der Waals surface area contributed by atoms with Gasteiger partial charge in [0.25, 0.3) is 0 Å². The molecule has 0 unspecified atom stereocenters. The summed E-state index contributed by atoms with van der Waals surface area (Å²) in [5, 5.41) is 32.8. The number of amides is 1. The number of carbonyl (C=O) groups is 1. The van der Waals surface area contributed by atoms with Crippen molar-refractivity contribution in [1.29, 1.82) is 16.1 Å². The van der Waals surface area contributed by atoms with Crippen LogP contribution in [0.3, 0.4) is 0 Å². The number of anilines is 2. The van der Waals surface area contributed by atoms with Crippen LogP contribution in [-0.4, -0.2) is 38.6 Å². The Morgan fingerprint density at radius 2 is 1.82 bits per heavy atom. The molecule has 2 aromatic carbocycles. The predicted molar refractivity (Wildman–Crippen MR) is 128 cm³/mol. The third kappa shape index (κ3) is 6.09. The predicted octanol–water partition coefficient (Wildman–Crippen LogP) is 2.49. The molecule has 1 heterocycles. The van der Waals surface area contributed by atoms with Crippen molar-refractivity contribution in [3.8, 4) is 11.8 Å². The lowest BCUT2D eigenvalue weighted by molar-refractivity contribution is -0.118. The van der Waals surface area contributed by atoms with Crippen molar-refractivity contribution in [3.63, 3.8) is 0 Å². The summed E-state index contributed by atoms with van der Waals surface area (Å²) in [7, 11) is -4.14. The minimum absolute atomic E-state index is 0.0425. The van der Waals surface area contributed by atoms with Gasteiger partial charge in [0.1, 0.15) is 24.5 Å². The molecule has 1 amide bonds. The van der Waals surface area contributed by atoms with Crippen LogP contribution in [0, 0.1) is 22.1 Å². The molecular weight excluding hydrogens is 458 g/mol. The first-order chi connectivity index (χ1) is 16.3. The first-order valence-corrected chi connectivity index (χ1v) is 12.0. The number of benzene rings is 2. The van der Waals surface area contributed by atoms with E-state index >= 15 is 0 Å². The number of carbonyl (C=O) groups excluding carboxylic acids is 1. The van der Waals surface area contributed by atoms with Gasteiger partial charge in [-0.15, -0.1) is 0 Å². The summed E-state index contributed by atoms with van der Waals surface area (Å²) >= 11 is 0. The number of hydrazine groups is 1. The molecule has 11 nitrogen and oxygen atoms in total. The summed E-state index contributed by atoms with van der Waals surface area (Å²) in [6, 6.07) is 13.3. The monoisotopic (exact) mass is 483 g/mol. The highest BCUT2D eigenvalue weighted by Gasteiger charge is 2.23.